The fourth-order valence-corrected chi connectivity index (χ4v) is 3.57. The van der Waals surface area contributed by atoms with Crippen LogP contribution < -0.4 is 4.72 Å². The standard InChI is InChI=1S/C13H17FN2O4S/c1-4-5-6-7-15-21(19,20)13-9(2)8-11(14)12(10(13)3)16(17)18/h4-5,8,15H,6-7H2,1-3H3/b5-4+. The Hall–Kier alpha value is -1.80. The molecule has 0 amide bonds. The van der Waals surface area contributed by atoms with E-state index in [1.165, 1.54) is 13.8 Å². The lowest BCUT2D eigenvalue weighted by Crippen LogP contribution is -2.26. The molecule has 0 unspecified atom stereocenters. The molecule has 116 valence electrons. The van der Waals surface area contributed by atoms with Gasteiger partial charge in [-0.05, 0) is 38.8 Å². The fraction of sp³-hybridized carbons (Fsp3) is 0.385. The maximum absolute atomic E-state index is 13.6. The van der Waals surface area contributed by atoms with Gasteiger partial charge in [0.1, 0.15) is 0 Å². The first kappa shape index (κ1) is 17.3. The van der Waals surface area contributed by atoms with E-state index < -0.39 is 26.5 Å². The predicted molar refractivity (Wildman–Crippen MR) is 77.1 cm³/mol. The van der Waals surface area contributed by atoms with Crippen LogP contribution in [0.4, 0.5) is 10.1 Å². The molecule has 0 aromatic heterocycles. The maximum Gasteiger partial charge on any atom is 0.309 e. The zero-order chi connectivity index (χ0) is 16.2. The molecule has 1 rings (SSSR count). The number of nitrogens with one attached hydrogen (secondary N) is 1. The van der Waals surface area contributed by atoms with Crippen LogP contribution in [-0.4, -0.2) is 19.9 Å². The first-order valence-electron chi connectivity index (χ1n) is 6.27. The van der Waals surface area contributed by atoms with Crippen LogP contribution in [0.1, 0.15) is 24.5 Å². The van der Waals surface area contributed by atoms with E-state index in [2.05, 4.69) is 4.72 Å². The van der Waals surface area contributed by atoms with Crippen molar-refractivity contribution >= 4 is 15.7 Å². The van der Waals surface area contributed by atoms with Crippen LogP contribution in [0.25, 0.3) is 0 Å². The topological polar surface area (TPSA) is 89.3 Å². The first-order chi connectivity index (χ1) is 9.72. The summed E-state index contributed by atoms with van der Waals surface area (Å²) in [6, 6.07) is 0.867. The number of hydrogen-bond donors (Lipinski definition) is 1. The van der Waals surface area contributed by atoms with E-state index in [0.29, 0.717) is 6.42 Å². The molecule has 0 spiro atoms. The highest BCUT2D eigenvalue weighted by Crippen LogP contribution is 2.30. The fourth-order valence-electron chi connectivity index (χ4n) is 2.06. The van der Waals surface area contributed by atoms with Crippen LogP contribution in [-0.2, 0) is 10.0 Å². The Morgan fingerprint density at radius 2 is 2.05 bits per heavy atom. The Bertz CT molecular complexity index is 684. The lowest BCUT2D eigenvalue weighted by Gasteiger charge is -2.12. The summed E-state index contributed by atoms with van der Waals surface area (Å²) in [6.45, 7) is 4.61. The molecule has 8 heteroatoms. The molecular weight excluding hydrogens is 299 g/mol. The summed E-state index contributed by atoms with van der Waals surface area (Å²) in [6.07, 6.45) is 4.07. The summed E-state index contributed by atoms with van der Waals surface area (Å²) in [5.41, 5.74) is -0.875. The number of hydrogen-bond acceptors (Lipinski definition) is 4. The minimum absolute atomic E-state index is 0.133. The van der Waals surface area contributed by atoms with Crippen molar-refractivity contribution in [1.29, 1.82) is 0 Å². The Morgan fingerprint density at radius 1 is 1.43 bits per heavy atom. The second-order valence-electron chi connectivity index (χ2n) is 4.49. The number of rotatable bonds is 6. The van der Waals surface area contributed by atoms with Crippen LogP contribution in [0.15, 0.2) is 23.1 Å². The highest BCUT2D eigenvalue weighted by molar-refractivity contribution is 7.89. The number of halogens is 1. The molecule has 0 radical (unpaired) electrons. The zero-order valence-corrected chi connectivity index (χ0v) is 12.8. The van der Waals surface area contributed by atoms with Crippen molar-refractivity contribution < 1.29 is 17.7 Å². The molecule has 0 atom stereocenters. The molecule has 1 aromatic carbocycles. The number of aryl methyl sites for hydroxylation is 1. The predicted octanol–water partition coefficient (Wildman–Crippen LogP) is 2.60. The van der Waals surface area contributed by atoms with Crippen LogP contribution in [0.5, 0.6) is 0 Å². The lowest BCUT2D eigenvalue weighted by molar-refractivity contribution is -0.388. The molecule has 21 heavy (non-hydrogen) atoms. The minimum atomic E-state index is -3.93. The van der Waals surface area contributed by atoms with Crippen molar-refractivity contribution in [3.05, 3.63) is 45.3 Å². The molecular formula is C13H17FN2O4S. The average Bonchev–Trinajstić information content (AvgIpc) is 2.32. The van der Waals surface area contributed by atoms with E-state index in [9.17, 15) is 22.9 Å². The summed E-state index contributed by atoms with van der Waals surface area (Å²) >= 11 is 0. The first-order valence-corrected chi connectivity index (χ1v) is 7.75. The summed E-state index contributed by atoms with van der Waals surface area (Å²) in [7, 11) is -3.93. The van der Waals surface area contributed by atoms with Crippen molar-refractivity contribution in [2.75, 3.05) is 6.54 Å². The van der Waals surface area contributed by atoms with Crippen molar-refractivity contribution in [2.45, 2.75) is 32.1 Å². The van der Waals surface area contributed by atoms with Gasteiger partial charge in [-0.25, -0.2) is 13.1 Å². The summed E-state index contributed by atoms with van der Waals surface area (Å²) < 4.78 is 40.5. The van der Waals surface area contributed by atoms with Crippen LogP contribution in [0.2, 0.25) is 0 Å². The van der Waals surface area contributed by atoms with Gasteiger partial charge in [0.2, 0.25) is 15.8 Å². The summed E-state index contributed by atoms with van der Waals surface area (Å²) in [5.74, 6) is -1.04. The average molecular weight is 316 g/mol. The molecule has 1 N–H and O–H groups in total. The monoisotopic (exact) mass is 316 g/mol. The van der Waals surface area contributed by atoms with Crippen molar-refractivity contribution in [1.82, 2.24) is 4.72 Å². The van der Waals surface area contributed by atoms with Gasteiger partial charge in [0.25, 0.3) is 0 Å². The van der Waals surface area contributed by atoms with Gasteiger partial charge in [-0.3, -0.25) is 10.1 Å². The Morgan fingerprint density at radius 3 is 2.57 bits per heavy atom. The second-order valence-corrected chi connectivity index (χ2v) is 6.19. The van der Waals surface area contributed by atoms with Gasteiger partial charge in [-0.15, -0.1) is 0 Å². The van der Waals surface area contributed by atoms with Gasteiger partial charge >= 0.3 is 5.69 Å². The molecule has 0 saturated heterocycles. The summed E-state index contributed by atoms with van der Waals surface area (Å²) in [4.78, 5) is 9.72. The molecule has 0 aliphatic heterocycles. The van der Waals surface area contributed by atoms with Gasteiger partial charge < -0.3 is 0 Å². The molecule has 0 saturated carbocycles. The lowest BCUT2D eigenvalue weighted by atomic mass is 10.1. The number of allylic oxidation sites excluding steroid dienone is 1. The van der Waals surface area contributed by atoms with E-state index in [1.807, 2.05) is 6.92 Å². The normalized spacial score (nSPS) is 12.0. The van der Waals surface area contributed by atoms with E-state index in [1.54, 1.807) is 12.2 Å². The quantitative estimate of drug-likeness (QED) is 0.378. The molecule has 0 fully saturated rings. The van der Waals surface area contributed by atoms with Crippen molar-refractivity contribution in [3.63, 3.8) is 0 Å². The van der Waals surface area contributed by atoms with Gasteiger partial charge in [-0.1, -0.05) is 12.2 Å². The zero-order valence-electron chi connectivity index (χ0n) is 12.0. The smallest absolute Gasteiger partial charge is 0.258 e. The Labute approximate surface area is 122 Å². The Balaban J connectivity index is 3.29. The van der Waals surface area contributed by atoms with E-state index in [4.69, 9.17) is 0 Å². The number of nitrogens with zero attached hydrogens (tertiary/aromatic N) is 1. The highest BCUT2D eigenvalue weighted by Gasteiger charge is 2.28. The number of nitro benzene ring substituents is 1. The summed E-state index contributed by atoms with van der Waals surface area (Å²) in [5, 5.41) is 10.9. The molecule has 0 heterocycles. The number of benzene rings is 1. The molecule has 0 aliphatic carbocycles. The largest absolute Gasteiger partial charge is 0.309 e. The van der Waals surface area contributed by atoms with E-state index in [-0.39, 0.29) is 22.6 Å². The van der Waals surface area contributed by atoms with Crippen LogP contribution in [0, 0.1) is 29.8 Å². The molecule has 6 nitrogen and oxygen atoms in total. The maximum atomic E-state index is 13.6. The van der Waals surface area contributed by atoms with Crippen molar-refractivity contribution in [2.24, 2.45) is 0 Å². The van der Waals surface area contributed by atoms with Gasteiger partial charge in [0.15, 0.2) is 0 Å². The highest BCUT2D eigenvalue weighted by atomic mass is 32.2. The number of sulfonamides is 1. The van der Waals surface area contributed by atoms with E-state index >= 15 is 0 Å². The molecule has 0 aliphatic rings. The SMILES string of the molecule is C/C=C/CCNS(=O)(=O)c1c(C)cc(F)c([N+](=O)[O-])c1C. The third-order valence-corrected chi connectivity index (χ3v) is 4.66. The van der Waals surface area contributed by atoms with Gasteiger partial charge in [0, 0.05) is 6.54 Å². The van der Waals surface area contributed by atoms with Gasteiger partial charge in [-0.2, -0.15) is 4.39 Å². The third kappa shape index (κ3) is 3.85. The van der Waals surface area contributed by atoms with Crippen molar-refractivity contribution in [3.8, 4) is 0 Å². The van der Waals surface area contributed by atoms with Crippen LogP contribution >= 0.6 is 0 Å². The minimum Gasteiger partial charge on any atom is -0.258 e. The molecule has 1 aromatic rings. The third-order valence-electron chi connectivity index (χ3n) is 2.91. The van der Waals surface area contributed by atoms with Gasteiger partial charge in [0.05, 0.1) is 15.4 Å². The molecule has 0 bridgehead atoms. The second kappa shape index (κ2) is 6.77. The number of nitro groups is 1. The Kier molecular flexibility index (Phi) is 5.56. The van der Waals surface area contributed by atoms with Crippen LogP contribution in [0.3, 0.4) is 0 Å². The van der Waals surface area contributed by atoms with E-state index in [0.717, 1.165) is 6.07 Å².